The summed E-state index contributed by atoms with van der Waals surface area (Å²) < 4.78 is 11.3. The van der Waals surface area contributed by atoms with Crippen molar-refractivity contribution in [1.29, 1.82) is 0 Å². The highest BCUT2D eigenvalue weighted by Gasteiger charge is 2.27. The Balaban J connectivity index is 1.27. The minimum absolute atomic E-state index is 0.0495. The first-order valence-electron chi connectivity index (χ1n) is 10.7. The highest BCUT2D eigenvalue weighted by atomic mass is 16.6. The topological polar surface area (TPSA) is 76.7 Å². The number of carbonyl (C=O) groups excluding carboxylic acids is 2. The summed E-state index contributed by atoms with van der Waals surface area (Å²) in [6.45, 7) is 2.14. The van der Waals surface area contributed by atoms with E-state index in [0.29, 0.717) is 22.7 Å². The molecule has 0 bridgehead atoms. The first kappa shape index (κ1) is 21.4. The zero-order chi connectivity index (χ0) is 22.3. The van der Waals surface area contributed by atoms with E-state index in [0.717, 1.165) is 12.8 Å². The first-order valence-corrected chi connectivity index (χ1v) is 10.7. The fraction of sp³-hybridized carbons (Fsp3) is 0.231. The van der Waals surface area contributed by atoms with Gasteiger partial charge < -0.3 is 20.1 Å². The number of hydrogen-bond donors (Lipinski definition) is 2. The van der Waals surface area contributed by atoms with Gasteiger partial charge in [-0.05, 0) is 61.7 Å². The van der Waals surface area contributed by atoms with E-state index in [9.17, 15) is 9.59 Å². The molecule has 164 valence electrons. The Bertz CT molecular complexity index is 1070. The van der Waals surface area contributed by atoms with Gasteiger partial charge in [0.1, 0.15) is 6.61 Å². The van der Waals surface area contributed by atoms with Crippen molar-refractivity contribution < 1.29 is 19.1 Å². The fourth-order valence-electron chi connectivity index (χ4n) is 3.48. The van der Waals surface area contributed by atoms with E-state index in [2.05, 4.69) is 22.8 Å². The van der Waals surface area contributed by atoms with E-state index in [1.165, 1.54) is 5.56 Å². The van der Waals surface area contributed by atoms with Crippen LogP contribution in [0.4, 0.5) is 5.69 Å². The summed E-state index contributed by atoms with van der Waals surface area (Å²) in [5, 5.41) is 5.84. The van der Waals surface area contributed by atoms with Gasteiger partial charge in [-0.25, -0.2) is 0 Å². The number of aryl methyl sites for hydroxylation is 1. The van der Waals surface area contributed by atoms with Crippen molar-refractivity contribution in [2.24, 2.45) is 0 Å². The van der Waals surface area contributed by atoms with Gasteiger partial charge in [-0.2, -0.15) is 0 Å². The summed E-state index contributed by atoms with van der Waals surface area (Å²) >= 11 is 0. The molecule has 2 atom stereocenters. The molecule has 2 N–H and O–H groups in total. The molecule has 0 radical (unpaired) electrons. The molecule has 4 rings (SSSR count). The third-order valence-electron chi connectivity index (χ3n) is 5.30. The molecule has 2 amide bonds. The van der Waals surface area contributed by atoms with E-state index in [4.69, 9.17) is 9.47 Å². The standard InChI is InChI=1S/C26H26N2O4/c1-18(11-12-19-7-3-2-4-8-19)27-25(29)20-13-15-21(16-14-20)28-26(30)24-17-31-22-9-5-6-10-23(22)32-24/h2-10,13-16,18,24H,11-12,17H2,1H3,(H,27,29)(H,28,30)/t18-,24+/m1/s1. The van der Waals surface area contributed by atoms with Crippen molar-refractivity contribution in [3.63, 3.8) is 0 Å². The minimum Gasteiger partial charge on any atom is -0.485 e. The van der Waals surface area contributed by atoms with Gasteiger partial charge in [-0.15, -0.1) is 0 Å². The maximum absolute atomic E-state index is 12.5. The molecule has 32 heavy (non-hydrogen) atoms. The number of hydrogen-bond acceptors (Lipinski definition) is 4. The Kier molecular flexibility index (Phi) is 6.70. The summed E-state index contributed by atoms with van der Waals surface area (Å²) in [6, 6.07) is 24.3. The number of amides is 2. The van der Waals surface area contributed by atoms with Crippen LogP contribution in [0.25, 0.3) is 0 Å². The molecule has 0 fully saturated rings. The SMILES string of the molecule is C[C@H](CCc1ccccc1)NC(=O)c1ccc(NC(=O)[C@@H]2COc3ccccc3O2)cc1. The van der Waals surface area contributed by atoms with Gasteiger partial charge in [0.2, 0.25) is 6.10 Å². The molecule has 1 heterocycles. The van der Waals surface area contributed by atoms with Crippen LogP contribution in [-0.4, -0.2) is 30.6 Å². The molecule has 0 unspecified atom stereocenters. The Labute approximate surface area is 187 Å². The van der Waals surface area contributed by atoms with Crippen molar-refractivity contribution >= 4 is 17.5 Å². The first-order chi connectivity index (χ1) is 15.6. The maximum Gasteiger partial charge on any atom is 0.269 e. The zero-order valence-electron chi connectivity index (χ0n) is 17.9. The van der Waals surface area contributed by atoms with Gasteiger partial charge in [0.25, 0.3) is 11.8 Å². The quantitative estimate of drug-likeness (QED) is 0.589. The van der Waals surface area contributed by atoms with Gasteiger partial charge in [0.15, 0.2) is 11.5 Å². The molecule has 1 aliphatic heterocycles. The van der Waals surface area contributed by atoms with Crippen molar-refractivity contribution in [2.75, 3.05) is 11.9 Å². The molecule has 0 aromatic heterocycles. The van der Waals surface area contributed by atoms with E-state index in [1.54, 1.807) is 36.4 Å². The Morgan fingerprint density at radius 3 is 2.38 bits per heavy atom. The zero-order valence-corrected chi connectivity index (χ0v) is 17.9. The van der Waals surface area contributed by atoms with Crippen molar-refractivity contribution in [3.8, 4) is 11.5 Å². The van der Waals surface area contributed by atoms with E-state index in [1.807, 2.05) is 37.3 Å². The smallest absolute Gasteiger partial charge is 0.269 e. The number of carbonyl (C=O) groups is 2. The molecule has 0 saturated carbocycles. The van der Waals surface area contributed by atoms with Crippen LogP contribution in [0.5, 0.6) is 11.5 Å². The number of fused-ring (bicyclic) bond motifs is 1. The normalized spacial score (nSPS) is 15.5. The third-order valence-corrected chi connectivity index (χ3v) is 5.30. The third kappa shape index (κ3) is 5.46. The van der Waals surface area contributed by atoms with Crippen molar-refractivity contribution in [1.82, 2.24) is 5.32 Å². The van der Waals surface area contributed by atoms with Crippen LogP contribution in [0.15, 0.2) is 78.9 Å². The Morgan fingerprint density at radius 2 is 1.62 bits per heavy atom. The maximum atomic E-state index is 12.5. The molecular weight excluding hydrogens is 404 g/mol. The number of benzene rings is 3. The van der Waals surface area contributed by atoms with Gasteiger partial charge in [-0.3, -0.25) is 9.59 Å². The molecule has 0 spiro atoms. The van der Waals surface area contributed by atoms with Crippen LogP contribution in [0.3, 0.4) is 0 Å². The van der Waals surface area contributed by atoms with Crippen LogP contribution in [0.2, 0.25) is 0 Å². The van der Waals surface area contributed by atoms with E-state index >= 15 is 0 Å². The van der Waals surface area contributed by atoms with Crippen LogP contribution in [0, 0.1) is 0 Å². The molecule has 3 aromatic carbocycles. The highest BCUT2D eigenvalue weighted by Crippen LogP contribution is 2.31. The average Bonchev–Trinajstić information content (AvgIpc) is 2.83. The van der Waals surface area contributed by atoms with Crippen LogP contribution >= 0.6 is 0 Å². The van der Waals surface area contributed by atoms with E-state index in [-0.39, 0.29) is 24.5 Å². The second-order valence-corrected chi connectivity index (χ2v) is 7.83. The monoisotopic (exact) mass is 430 g/mol. The summed E-state index contributed by atoms with van der Waals surface area (Å²) in [7, 11) is 0. The molecule has 3 aromatic rings. The van der Waals surface area contributed by atoms with Gasteiger partial charge in [0, 0.05) is 17.3 Å². The van der Waals surface area contributed by atoms with E-state index < -0.39 is 6.10 Å². The van der Waals surface area contributed by atoms with Crippen molar-refractivity contribution in [2.45, 2.75) is 31.9 Å². The Hall–Kier alpha value is -3.80. The lowest BCUT2D eigenvalue weighted by molar-refractivity contribution is -0.125. The second-order valence-electron chi connectivity index (χ2n) is 7.83. The summed E-state index contributed by atoms with van der Waals surface area (Å²) in [5.41, 5.74) is 2.39. The number of anilines is 1. The van der Waals surface area contributed by atoms with Crippen LogP contribution < -0.4 is 20.1 Å². The van der Waals surface area contributed by atoms with Gasteiger partial charge in [0.05, 0.1) is 0 Å². The van der Waals surface area contributed by atoms with Gasteiger partial charge in [-0.1, -0.05) is 42.5 Å². The minimum atomic E-state index is -0.738. The molecule has 1 aliphatic rings. The summed E-state index contributed by atoms with van der Waals surface area (Å²) in [6.07, 6.45) is 1.03. The lowest BCUT2D eigenvalue weighted by Crippen LogP contribution is -2.40. The summed E-state index contributed by atoms with van der Waals surface area (Å²) in [5.74, 6) is 0.743. The lowest BCUT2D eigenvalue weighted by Gasteiger charge is -2.25. The predicted octanol–water partition coefficient (Wildman–Crippen LogP) is 4.22. The lowest BCUT2D eigenvalue weighted by atomic mass is 10.1. The number of nitrogens with one attached hydrogen (secondary N) is 2. The molecule has 6 heteroatoms. The molecule has 6 nitrogen and oxygen atoms in total. The highest BCUT2D eigenvalue weighted by molar-refractivity contribution is 5.97. The largest absolute Gasteiger partial charge is 0.485 e. The number of ether oxygens (including phenoxy) is 2. The number of rotatable bonds is 7. The number of para-hydroxylation sites is 2. The Morgan fingerprint density at radius 1 is 0.938 bits per heavy atom. The molecule has 0 saturated heterocycles. The molecule has 0 aliphatic carbocycles. The summed E-state index contributed by atoms with van der Waals surface area (Å²) in [4.78, 5) is 25.1. The molecular formula is C26H26N2O4. The average molecular weight is 431 g/mol. The van der Waals surface area contributed by atoms with Crippen LogP contribution in [0.1, 0.15) is 29.3 Å². The fourth-order valence-corrected chi connectivity index (χ4v) is 3.48. The van der Waals surface area contributed by atoms with Gasteiger partial charge >= 0.3 is 0 Å². The van der Waals surface area contributed by atoms with Crippen molar-refractivity contribution in [3.05, 3.63) is 90.0 Å². The van der Waals surface area contributed by atoms with Crippen LogP contribution in [-0.2, 0) is 11.2 Å². The second kappa shape index (κ2) is 10.0. The predicted molar refractivity (Wildman–Crippen MR) is 123 cm³/mol.